The second kappa shape index (κ2) is 4.17. The molecule has 3 heteroatoms. The van der Waals surface area contributed by atoms with Gasteiger partial charge in [0, 0.05) is 24.9 Å². The monoisotopic (exact) mass is 198 g/mol. The summed E-state index contributed by atoms with van der Waals surface area (Å²) in [5, 5.41) is 2.53. The third-order valence-corrected chi connectivity index (χ3v) is 3.97. The lowest BCUT2D eigenvalue weighted by atomic mass is 9.84. The van der Waals surface area contributed by atoms with Gasteiger partial charge in [-0.2, -0.15) is 0 Å². The van der Waals surface area contributed by atoms with E-state index in [4.69, 9.17) is 5.73 Å². The summed E-state index contributed by atoms with van der Waals surface area (Å²) in [6.45, 7) is 3.55. The van der Waals surface area contributed by atoms with Gasteiger partial charge in [-0.15, -0.1) is 0 Å². The van der Waals surface area contributed by atoms with E-state index in [0.29, 0.717) is 18.2 Å². The van der Waals surface area contributed by atoms with Crippen LogP contribution in [0.2, 0.25) is 0 Å². The van der Waals surface area contributed by atoms with Crippen LogP contribution in [0, 0.1) is 5.92 Å². The average molecular weight is 198 g/mol. The van der Waals surface area contributed by atoms with E-state index in [1.165, 1.54) is 32.2 Å². The number of nitrogens with two attached hydrogens (primary N) is 2. The Morgan fingerprint density at radius 3 is 2.93 bits per heavy atom. The Hall–Kier alpha value is -0.120. The molecule has 0 amide bonds. The van der Waals surface area contributed by atoms with Crippen LogP contribution in [0.4, 0.5) is 0 Å². The Morgan fingerprint density at radius 1 is 1.36 bits per heavy atom. The summed E-state index contributed by atoms with van der Waals surface area (Å²) < 4.78 is 0. The summed E-state index contributed by atoms with van der Waals surface area (Å²) in [6, 6.07) is 1.13. The molecule has 14 heavy (non-hydrogen) atoms. The normalized spacial score (nSPS) is 45.6. The maximum absolute atomic E-state index is 6.26. The molecular weight excluding hydrogens is 174 g/mol. The van der Waals surface area contributed by atoms with Gasteiger partial charge in [0.25, 0.3) is 0 Å². The highest BCUT2D eigenvalue weighted by atomic mass is 15.3. The minimum Gasteiger partial charge on any atom is -0.329 e. The Morgan fingerprint density at radius 2 is 2.14 bits per heavy atom. The second-order valence-corrected chi connectivity index (χ2v) is 5.20. The summed E-state index contributed by atoms with van der Waals surface area (Å²) in [7, 11) is 2.25. The van der Waals surface area contributed by atoms with Crippen molar-refractivity contribution in [3.05, 3.63) is 0 Å². The SMILES string of the molecule is CC1CC(N)C2CCCCN(C)C2[NH2+]1. The van der Waals surface area contributed by atoms with Crippen LogP contribution in [0.15, 0.2) is 0 Å². The van der Waals surface area contributed by atoms with E-state index in [2.05, 4.69) is 24.2 Å². The first kappa shape index (κ1) is 10.4. The van der Waals surface area contributed by atoms with E-state index in [0.717, 1.165) is 5.92 Å². The van der Waals surface area contributed by atoms with Gasteiger partial charge in [-0.3, -0.25) is 4.90 Å². The molecule has 0 aromatic rings. The van der Waals surface area contributed by atoms with Crippen LogP contribution >= 0.6 is 0 Å². The van der Waals surface area contributed by atoms with Crippen LogP contribution in [0.3, 0.4) is 0 Å². The molecule has 4 unspecified atom stereocenters. The zero-order chi connectivity index (χ0) is 10.1. The molecule has 0 spiro atoms. The molecule has 0 aromatic carbocycles. The van der Waals surface area contributed by atoms with E-state index in [9.17, 15) is 0 Å². The summed E-state index contributed by atoms with van der Waals surface area (Å²) in [5.74, 6) is 0.721. The number of hydrogen-bond acceptors (Lipinski definition) is 2. The molecule has 2 aliphatic heterocycles. The molecular formula is C11H24N3+. The molecule has 2 fully saturated rings. The summed E-state index contributed by atoms with van der Waals surface area (Å²) in [4.78, 5) is 2.51. The Kier molecular flexibility index (Phi) is 3.10. The van der Waals surface area contributed by atoms with Crippen molar-refractivity contribution in [1.82, 2.24) is 4.90 Å². The highest BCUT2D eigenvalue weighted by molar-refractivity contribution is 4.85. The van der Waals surface area contributed by atoms with Gasteiger partial charge in [-0.1, -0.05) is 6.42 Å². The first-order valence-corrected chi connectivity index (χ1v) is 5.99. The highest BCUT2D eigenvalue weighted by Crippen LogP contribution is 2.24. The van der Waals surface area contributed by atoms with Crippen molar-refractivity contribution in [3.8, 4) is 0 Å². The van der Waals surface area contributed by atoms with Crippen LogP contribution in [-0.4, -0.2) is 36.7 Å². The Labute approximate surface area is 87.0 Å². The van der Waals surface area contributed by atoms with Crippen LogP contribution in [0.25, 0.3) is 0 Å². The number of piperidine rings is 1. The molecule has 82 valence electrons. The standard InChI is InChI=1S/C11H23N3/c1-8-7-10(12)9-5-3-4-6-14(2)11(9)13-8/h8-11,13H,3-7,12H2,1-2H3/p+1. The van der Waals surface area contributed by atoms with E-state index < -0.39 is 0 Å². The molecule has 2 saturated heterocycles. The van der Waals surface area contributed by atoms with Gasteiger partial charge in [-0.05, 0) is 26.8 Å². The largest absolute Gasteiger partial charge is 0.329 e. The number of nitrogens with zero attached hydrogens (tertiary/aromatic N) is 1. The molecule has 0 aliphatic carbocycles. The van der Waals surface area contributed by atoms with Crippen molar-refractivity contribution in [2.45, 2.75) is 50.9 Å². The average Bonchev–Trinajstić information content (AvgIpc) is 2.29. The first-order chi connectivity index (χ1) is 6.68. The van der Waals surface area contributed by atoms with Gasteiger partial charge in [0.1, 0.15) is 6.17 Å². The minimum absolute atomic E-state index is 0.431. The third kappa shape index (κ3) is 1.95. The first-order valence-electron chi connectivity index (χ1n) is 5.99. The van der Waals surface area contributed by atoms with Crippen LogP contribution in [-0.2, 0) is 0 Å². The lowest BCUT2D eigenvalue weighted by Crippen LogP contribution is -3.01. The van der Waals surface area contributed by atoms with E-state index in [1.54, 1.807) is 0 Å². The van der Waals surface area contributed by atoms with Crippen molar-refractivity contribution in [2.24, 2.45) is 11.7 Å². The van der Waals surface area contributed by atoms with Crippen molar-refractivity contribution in [2.75, 3.05) is 13.6 Å². The van der Waals surface area contributed by atoms with E-state index >= 15 is 0 Å². The quantitative estimate of drug-likeness (QED) is 0.563. The highest BCUT2D eigenvalue weighted by Gasteiger charge is 2.40. The van der Waals surface area contributed by atoms with Crippen LogP contribution in [0.5, 0.6) is 0 Å². The van der Waals surface area contributed by atoms with Crippen molar-refractivity contribution in [3.63, 3.8) is 0 Å². The topological polar surface area (TPSA) is 45.9 Å². The molecule has 0 bridgehead atoms. The minimum atomic E-state index is 0.431. The number of hydrogen-bond donors (Lipinski definition) is 2. The van der Waals surface area contributed by atoms with Crippen LogP contribution < -0.4 is 11.1 Å². The van der Waals surface area contributed by atoms with E-state index in [-0.39, 0.29) is 0 Å². The van der Waals surface area contributed by atoms with Gasteiger partial charge in [-0.25, -0.2) is 0 Å². The predicted molar refractivity (Wildman–Crippen MR) is 57.7 cm³/mol. The number of rotatable bonds is 0. The zero-order valence-electron chi connectivity index (χ0n) is 9.45. The molecule has 2 heterocycles. The van der Waals surface area contributed by atoms with Gasteiger partial charge in [0.15, 0.2) is 0 Å². The lowest BCUT2D eigenvalue weighted by Gasteiger charge is -2.40. The number of quaternary nitrogens is 1. The summed E-state index contributed by atoms with van der Waals surface area (Å²) in [5.41, 5.74) is 6.26. The summed E-state index contributed by atoms with van der Waals surface area (Å²) in [6.07, 6.45) is 5.88. The molecule has 2 aliphatic rings. The fourth-order valence-corrected chi connectivity index (χ4v) is 3.16. The Balaban J connectivity index is 2.10. The molecule has 4 atom stereocenters. The van der Waals surface area contributed by atoms with E-state index in [1.807, 2.05) is 0 Å². The zero-order valence-corrected chi connectivity index (χ0v) is 9.45. The second-order valence-electron chi connectivity index (χ2n) is 5.20. The molecule has 2 rings (SSSR count). The van der Waals surface area contributed by atoms with Crippen molar-refractivity contribution >= 4 is 0 Å². The molecule has 0 saturated carbocycles. The maximum Gasteiger partial charge on any atom is 0.146 e. The smallest absolute Gasteiger partial charge is 0.146 e. The summed E-state index contributed by atoms with van der Waals surface area (Å²) >= 11 is 0. The van der Waals surface area contributed by atoms with Crippen LogP contribution in [0.1, 0.15) is 32.6 Å². The van der Waals surface area contributed by atoms with Gasteiger partial charge < -0.3 is 11.1 Å². The molecule has 4 N–H and O–H groups in total. The molecule has 0 radical (unpaired) electrons. The number of likely N-dealkylation sites (tertiary alicyclic amines) is 1. The van der Waals surface area contributed by atoms with Gasteiger partial charge in [0.05, 0.1) is 6.04 Å². The predicted octanol–water partition coefficient (Wildman–Crippen LogP) is -0.273. The Bertz CT molecular complexity index is 195. The maximum atomic E-state index is 6.26. The van der Waals surface area contributed by atoms with Gasteiger partial charge >= 0.3 is 0 Å². The van der Waals surface area contributed by atoms with Gasteiger partial charge in [0.2, 0.25) is 0 Å². The molecule has 3 nitrogen and oxygen atoms in total. The fourth-order valence-electron chi connectivity index (χ4n) is 3.16. The molecule has 0 aromatic heterocycles. The van der Waals surface area contributed by atoms with Crippen molar-refractivity contribution < 1.29 is 5.32 Å². The number of fused-ring (bicyclic) bond motifs is 1. The third-order valence-electron chi connectivity index (χ3n) is 3.97. The lowest BCUT2D eigenvalue weighted by molar-refractivity contribution is -0.751. The fraction of sp³-hybridized carbons (Fsp3) is 1.00. The van der Waals surface area contributed by atoms with Crippen molar-refractivity contribution in [1.29, 1.82) is 0 Å².